The number of hydrogen-bond acceptors (Lipinski definition) is 4. The van der Waals surface area contributed by atoms with E-state index >= 15 is 0 Å². The zero-order chi connectivity index (χ0) is 20.7. The summed E-state index contributed by atoms with van der Waals surface area (Å²) in [6, 6.07) is 9.10. The van der Waals surface area contributed by atoms with E-state index in [-0.39, 0.29) is 11.6 Å². The summed E-state index contributed by atoms with van der Waals surface area (Å²) in [5.41, 5.74) is 3.24. The van der Waals surface area contributed by atoms with Crippen molar-refractivity contribution in [3.8, 4) is 5.88 Å². The van der Waals surface area contributed by atoms with E-state index in [1.807, 2.05) is 13.0 Å². The molecule has 0 amide bonds. The second kappa shape index (κ2) is 7.39. The number of allylic oxidation sites excluding steroid dienone is 1. The highest BCUT2D eigenvalue weighted by Crippen LogP contribution is 2.39. The highest BCUT2D eigenvalue weighted by molar-refractivity contribution is 6.32. The number of halogens is 2. The Morgan fingerprint density at radius 1 is 1.17 bits per heavy atom. The summed E-state index contributed by atoms with van der Waals surface area (Å²) in [4.78, 5) is 31.2. The number of rotatable bonds is 4. The Bertz CT molecular complexity index is 1240. The molecule has 1 aliphatic rings. The fraction of sp³-hybridized carbons (Fsp3) is 0.0952. The molecule has 2 N–H and O–H groups in total. The number of aldehydes is 1. The highest BCUT2D eigenvalue weighted by Gasteiger charge is 2.23. The van der Waals surface area contributed by atoms with Gasteiger partial charge in [-0.25, -0.2) is 9.36 Å². The number of nitrogens with zero attached hydrogens (tertiary/aromatic N) is 2. The fourth-order valence-corrected chi connectivity index (χ4v) is 3.59. The number of aliphatic imine (C=N–C) groups is 1. The molecule has 2 aromatic carbocycles. The van der Waals surface area contributed by atoms with Crippen molar-refractivity contribution in [3.05, 3.63) is 79.3 Å². The van der Waals surface area contributed by atoms with Crippen molar-refractivity contribution in [2.75, 3.05) is 0 Å². The molecule has 3 aromatic rings. The number of benzene rings is 2. The molecule has 1 aliphatic heterocycles. The van der Waals surface area contributed by atoms with Crippen LogP contribution in [0.3, 0.4) is 0 Å². The predicted octanol–water partition coefficient (Wildman–Crippen LogP) is 4.54. The maximum absolute atomic E-state index is 12.5. The quantitative estimate of drug-likeness (QED) is 0.598. The molecule has 1 atom stereocenters. The Balaban J connectivity index is 1.78. The van der Waals surface area contributed by atoms with Crippen molar-refractivity contribution >= 4 is 53.0 Å². The molecule has 146 valence electrons. The largest absolute Gasteiger partial charge is 0.493 e. The topological polar surface area (TPSA) is 87.5 Å². The SMILES string of the molecule is Cc1c(Cl)ccc2c1N=CC2=Cc1[nH]c(=O)n(C(C=O)c2ccc(Cl)cc2)c1O. The Kier molecular flexibility index (Phi) is 4.90. The standard InChI is InChI=1S/C21H15Cl2N3O3/c1-11-16(23)7-6-15-13(9-24-19(11)15)8-17-20(28)26(21(29)25-17)18(10-27)12-2-4-14(22)5-3-12/h2-10,18,28H,1H3,(H,25,29). The molecule has 0 saturated carbocycles. The van der Waals surface area contributed by atoms with Crippen LogP contribution in [0.4, 0.5) is 5.69 Å². The van der Waals surface area contributed by atoms with E-state index in [1.165, 1.54) is 0 Å². The van der Waals surface area contributed by atoms with Crippen LogP contribution in [0.25, 0.3) is 11.6 Å². The van der Waals surface area contributed by atoms with Crippen LogP contribution in [0.2, 0.25) is 10.0 Å². The Morgan fingerprint density at radius 2 is 1.90 bits per heavy atom. The number of carbonyl (C=O) groups excluding carboxylic acids is 1. The molecule has 0 bridgehead atoms. The van der Waals surface area contributed by atoms with Crippen LogP contribution in [0.1, 0.15) is 28.4 Å². The van der Waals surface area contributed by atoms with Gasteiger partial charge in [0.15, 0.2) is 0 Å². The molecule has 2 heterocycles. The van der Waals surface area contributed by atoms with E-state index in [2.05, 4.69) is 9.98 Å². The number of aromatic nitrogens is 2. The Morgan fingerprint density at radius 3 is 2.59 bits per heavy atom. The second-order valence-corrected chi connectivity index (χ2v) is 7.44. The first-order valence-electron chi connectivity index (χ1n) is 8.70. The molecule has 0 aliphatic carbocycles. The molecule has 1 unspecified atom stereocenters. The van der Waals surface area contributed by atoms with Gasteiger partial charge in [0, 0.05) is 27.4 Å². The Labute approximate surface area is 175 Å². The zero-order valence-electron chi connectivity index (χ0n) is 15.2. The number of hydrogen-bond donors (Lipinski definition) is 2. The number of H-pyrrole nitrogens is 1. The molecule has 8 heteroatoms. The summed E-state index contributed by atoms with van der Waals surface area (Å²) >= 11 is 12.0. The molecule has 0 saturated heterocycles. The number of imidazole rings is 1. The van der Waals surface area contributed by atoms with Gasteiger partial charge in [-0.1, -0.05) is 41.4 Å². The van der Waals surface area contributed by atoms with Gasteiger partial charge in [0.05, 0.1) is 5.69 Å². The minimum absolute atomic E-state index is 0.178. The van der Waals surface area contributed by atoms with E-state index in [9.17, 15) is 14.7 Å². The van der Waals surface area contributed by atoms with Crippen LogP contribution in [-0.2, 0) is 4.79 Å². The monoisotopic (exact) mass is 427 g/mol. The van der Waals surface area contributed by atoms with Crippen LogP contribution < -0.4 is 5.69 Å². The maximum Gasteiger partial charge on any atom is 0.329 e. The third-order valence-electron chi connectivity index (χ3n) is 4.86. The van der Waals surface area contributed by atoms with Crippen LogP contribution in [0.15, 0.2) is 46.2 Å². The molecule has 4 rings (SSSR count). The first kappa shape index (κ1) is 19.2. The van der Waals surface area contributed by atoms with Crippen LogP contribution >= 0.6 is 23.2 Å². The first-order chi connectivity index (χ1) is 13.9. The molecule has 0 fully saturated rings. The average Bonchev–Trinajstić information content (AvgIpc) is 3.23. The van der Waals surface area contributed by atoms with Gasteiger partial charge in [-0.2, -0.15) is 0 Å². The highest BCUT2D eigenvalue weighted by atomic mass is 35.5. The first-order valence-corrected chi connectivity index (χ1v) is 9.45. The van der Waals surface area contributed by atoms with E-state index in [4.69, 9.17) is 23.2 Å². The summed E-state index contributed by atoms with van der Waals surface area (Å²) in [5, 5.41) is 11.8. The van der Waals surface area contributed by atoms with E-state index < -0.39 is 11.7 Å². The van der Waals surface area contributed by atoms with Gasteiger partial charge < -0.3 is 14.9 Å². The molecule has 6 nitrogen and oxygen atoms in total. The summed E-state index contributed by atoms with van der Waals surface area (Å²) in [6.45, 7) is 1.87. The number of nitrogens with one attached hydrogen (secondary N) is 1. The maximum atomic E-state index is 12.5. The minimum Gasteiger partial charge on any atom is -0.493 e. The predicted molar refractivity (Wildman–Crippen MR) is 115 cm³/mol. The van der Waals surface area contributed by atoms with Crippen molar-refractivity contribution in [1.82, 2.24) is 9.55 Å². The molecular formula is C21H15Cl2N3O3. The molecule has 0 radical (unpaired) electrons. The normalized spacial score (nSPS) is 14.9. The van der Waals surface area contributed by atoms with Gasteiger partial charge in [-0.15, -0.1) is 0 Å². The summed E-state index contributed by atoms with van der Waals surface area (Å²) in [6.07, 6.45) is 3.84. The summed E-state index contributed by atoms with van der Waals surface area (Å²) in [7, 11) is 0. The zero-order valence-corrected chi connectivity index (χ0v) is 16.7. The lowest BCUT2D eigenvalue weighted by Crippen LogP contribution is -2.23. The van der Waals surface area contributed by atoms with Gasteiger partial charge >= 0.3 is 5.69 Å². The fourth-order valence-electron chi connectivity index (χ4n) is 3.31. The third kappa shape index (κ3) is 3.30. The van der Waals surface area contributed by atoms with Gasteiger partial charge in [0.25, 0.3) is 0 Å². The lowest BCUT2D eigenvalue weighted by atomic mass is 10.0. The van der Waals surface area contributed by atoms with Gasteiger partial charge in [0.2, 0.25) is 5.88 Å². The van der Waals surface area contributed by atoms with Crippen LogP contribution in [0, 0.1) is 6.92 Å². The molecule has 29 heavy (non-hydrogen) atoms. The van der Waals surface area contributed by atoms with E-state index in [0.29, 0.717) is 27.5 Å². The van der Waals surface area contributed by atoms with Gasteiger partial charge in [0.1, 0.15) is 18.0 Å². The Hall–Kier alpha value is -3.09. The third-order valence-corrected chi connectivity index (χ3v) is 5.52. The van der Waals surface area contributed by atoms with Crippen molar-refractivity contribution in [2.24, 2.45) is 4.99 Å². The summed E-state index contributed by atoms with van der Waals surface area (Å²) in [5.74, 6) is -0.345. The molecule has 1 aromatic heterocycles. The van der Waals surface area contributed by atoms with Crippen molar-refractivity contribution in [3.63, 3.8) is 0 Å². The van der Waals surface area contributed by atoms with Crippen molar-refractivity contribution < 1.29 is 9.90 Å². The van der Waals surface area contributed by atoms with E-state index in [1.54, 1.807) is 42.6 Å². The number of fused-ring (bicyclic) bond motifs is 1. The van der Waals surface area contributed by atoms with Gasteiger partial charge in [-0.05, 0) is 42.3 Å². The van der Waals surface area contributed by atoms with E-state index in [0.717, 1.165) is 21.4 Å². The number of aromatic hydroxyl groups is 1. The molecule has 0 spiro atoms. The van der Waals surface area contributed by atoms with Crippen LogP contribution in [-0.4, -0.2) is 27.2 Å². The van der Waals surface area contributed by atoms with Crippen molar-refractivity contribution in [1.29, 1.82) is 0 Å². The molecular weight excluding hydrogens is 413 g/mol. The lowest BCUT2D eigenvalue weighted by molar-refractivity contribution is -0.109. The average molecular weight is 428 g/mol. The number of aromatic amines is 1. The smallest absolute Gasteiger partial charge is 0.329 e. The van der Waals surface area contributed by atoms with Gasteiger partial charge in [-0.3, -0.25) is 4.99 Å². The van der Waals surface area contributed by atoms with Crippen LogP contribution in [0.5, 0.6) is 5.88 Å². The lowest BCUT2D eigenvalue weighted by Gasteiger charge is -2.12. The minimum atomic E-state index is -0.992. The number of carbonyl (C=O) groups is 1. The summed E-state index contributed by atoms with van der Waals surface area (Å²) < 4.78 is 1.00. The van der Waals surface area contributed by atoms with Crippen molar-refractivity contribution in [2.45, 2.75) is 13.0 Å². The second-order valence-electron chi connectivity index (χ2n) is 6.60.